The van der Waals surface area contributed by atoms with Crippen LogP contribution in [-0.4, -0.2) is 20.7 Å². The number of amides is 1. The summed E-state index contributed by atoms with van der Waals surface area (Å²) in [6.45, 7) is 3.93. The lowest BCUT2D eigenvalue weighted by molar-refractivity contribution is 0.102. The Morgan fingerprint density at radius 1 is 1.04 bits per heavy atom. The van der Waals surface area contributed by atoms with Crippen LogP contribution >= 0.6 is 15.9 Å². The summed E-state index contributed by atoms with van der Waals surface area (Å²) in [5.41, 5.74) is 3.37. The van der Waals surface area contributed by atoms with Crippen molar-refractivity contribution in [2.45, 2.75) is 13.8 Å². The predicted molar refractivity (Wildman–Crippen MR) is 110 cm³/mol. The van der Waals surface area contributed by atoms with Gasteiger partial charge in [0.15, 0.2) is 5.82 Å². The van der Waals surface area contributed by atoms with Gasteiger partial charge in [-0.15, -0.1) is 0 Å². The number of carbonyl (C=O) groups is 1. The van der Waals surface area contributed by atoms with Crippen LogP contribution in [0.15, 0.2) is 65.1 Å². The molecular formula is C21H17BrN4O. The Bertz CT molecular complexity index is 1150. The summed E-state index contributed by atoms with van der Waals surface area (Å²) >= 11 is 3.38. The molecule has 0 bridgehead atoms. The minimum atomic E-state index is -0.193. The van der Waals surface area contributed by atoms with Crippen LogP contribution in [0.3, 0.4) is 0 Å². The second kappa shape index (κ2) is 6.96. The van der Waals surface area contributed by atoms with Gasteiger partial charge in [0.25, 0.3) is 5.91 Å². The fourth-order valence-corrected chi connectivity index (χ4v) is 3.26. The van der Waals surface area contributed by atoms with Gasteiger partial charge in [0, 0.05) is 21.5 Å². The number of halogens is 1. The molecule has 0 saturated carbocycles. The van der Waals surface area contributed by atoms with Crippen molar-refractivity contribution in [1.29, 1.82) is 0 Å². The van der Waals surface area contributed by atoms with E-state index in [1.54, 1.807) is 16.8 Å². The highest BCUT2D eigenvalue weighted by atomic mass is 79.9. The van der Waals surface area contributed by atoms with Crippen molar-refractivity contribution in [3.63, 3.8) is 0 Å². The maximum atomic E-state index is 12.6. The van der Waals surface area contributed by atoms with Crippen molar-refractivity contribution in [3.05, 3.63) is 82.0 Å². The maximum Gasteiger partial charge on any atom is 0.256 e. The van der Waals surface area contributed by atoms with E-state index >= 15 is 0 Å². The molecule has 4 aromatic rings. The first-order valence-electron chi connectivity index (χ1n) is 8.51. The number of nitrogens with zero attached hydrogens (tertiary/aromatic N) is 3. The summed E-state index contributed by atoms with van der Waals surface area (Å²) in [4.78, 5) is 17.3. The van der Waals surface area contributed by atoms with E-state index in [-0.39, 0.29) is 5.91 Å². The molecule has 2 heterocycles. The zero-order valence-electron chi connectivity index (χ0n) is 14.9. The summed E-state index contributed by atoms with van der Waals surface area (Å²) in [5.74, 6) is 1.06. The number of nitrogens with one attached hydrogen (secondary N) is 1. The van der Waals surface area contributed by atoms with Crippen molar-refractivity contribution in [1.82, 2.24) is 14.8 Å². The van der Waals surface area contributed by atoms with Gasteiger partial charge < -0.3 is 5.32 Å². The molecule has 0 spiro atoms. The molecule has 0 aliphatic carbocycles. The number of hydrogen-bond acceptors (Lipinski definition) is 3. The SMILES string of the molecule is Cc1cc(NC(=O)c2ccc(Br)cc2)n(-c2cc(C)c3ccccc3n2)n1. The standard InChI is InChI=1S/C21H17BrN4O/c1-13-11-19(23-18-6-4-3-5-17(13)18)26-20(12-14(2)25-26)24-21(27)15-7-9-16(22)10-8-15/h3-12H,1-2H3,(H,24,27). The molecule has 27 heavy (non-hydrogen) atoms. The van der Waals surface area contributed by atoms with E-state index in [0.717, 1.165) is 26.6 Å². The minimum Gasteiger partial charge on any atom is -0.306 e. The fraction of sp³-hybridized carbons (Fsp3) is 0.0952. The van der Waals surface area contributed by atoms with E-state index in [1.165, 1.54) is 0 Å². The summed E-state index contributed by atoms with van der Waals surface area (Å²) < 4.78 is 2.60. The Morgan fingerprint density at radius 2 is 1.78 bits per heavy atom. The highest BCUT2D eigenvalue weighted by Gasteiger charge is 2.14. The Labute approximate surface area is 165 Å². The van der Waals surface area contributed by atoms with Crippen LogP contribution in [-0.2, 0) is 0 Å². The highest BCUT2D eigenvalue weighted by Crippen LogP contribution is 2.23. The largest absolute Gasteiger partial charge is 0.306 e. The maximum absolute atomic E-state index is 12.6. The smallest absolute Gasteiger partial charge is 0.256 e. The molecule has 2 aromatic carbocycles. The summed E-state index contributed by atoms with van der Waals surface area (Å²) in [6, 6.07) is 19.0. The molecule has 0 unspecified atom stereocenters. The van der Waals surface area contributed by atoms with Crippen LogP contribution < -0.4 is 5.32 Å². The molecule has 1 N–H and O–H groups in total. The monoisotopic (exact) mass is 420 g/mol. The van der Waals surface area contributed by atoms with Crippen molar-refractivity contribution >= 4 is 38.6 Å². The van der Waals surface area contributed by atoms with Gasteiger partial charge in [-0.25, -0.2) is 4.98 Å². The topological polar surface area (TPSA) is 59.8 Å². The van der Waals surface area contributed by atoms with Crippen LogP contribution in [0.4, 0.5) is 5.82 Å². The number of anilines is 1. The molecule has 0 saturated heterocycles. The molecule has 0 aliphatic rings. The molecule has 1 amide bonds. The first-order chi connectivity index (χ1) is 13.0. The number of aromatic nitrogens is 3. The van der Waals surface area contributed by atoms with Gasteiger partial charge >= 0.3 is 0 Å². The lowest BCUT2D eigenvalue weighted by Gasteiger charge is -2.10. The van der Waals surface area contributed by atoms with Crippen molar-refractivity contribution in [2.75, 3.05) is 5.32 Å². The zero-order valence-corrected chi connectivity index (χ0v) is 16.5. The van der Waals surface area contributed by atoms with Gasteiger partial charge in [0.2, 0.25) is 0 Å². The van der Waals surface area contributed by atoms with Crippen LogP contribution in [0.25, 0.3) is 16.7 Å². The first-order valence-corrected chi connectivity index (χ1v) is 9.31. The van der Waals surface area contributed by atoms with E-state index in [0.29, 0.717) is 17.2 Å². The normalized spacial score (nSPS) is 10.9. The summed E-state index contributed by atoms with van der Waals surface area (Å²) in [5, 5.41) is 8.56. The van der Waals surface area contributed by atoms with Crippen LogP contribution in [0.5, 0.6) is 0 Å². The van der Waals surface area contributed by atoms with Crippen molar-refractivity contribution in [3.8, 4) is 5.82 Å². The number of pyridine rings is 1. The zero-order chi connectivity index (χ0) is 19.0. The van der Waals surface area contributed by atoms with E-state index in [2.05, 4.69) is 26.3 Å². The second-order valence-electron chi connectivity index (χ2n) is 6.36. The van der Waals surface area contributed by atoms with Gasteiger partial charge in [-0.3, -0.25) is 4.79 Å². The molecule has 134 valence electrons. The average molecular weight is 421 g/mol. The van der Waals surface area contributed by atoms with E-state index in [4.69, 9.17) is 4.98 Å². The molecule has 0 aliphatic heterocycles. The van der Waals surface area contributed by atoms with Gasteiger partial charge in [-0.2, -0.15) is 9.78 Å². The third kappa shape index (κ3) is 3.48. The highest BCUT2D eigenvalue weighted by molar-refractivity contribution is 9.10. The van der Waals surface area contributed by atoms with Crippen LogP contribution in [0.1, 0.15) is 21.6 Å². The van der Waals surface area contributed by atoms with Crippen LogP contribution in [0.2, 0.25) is 0 Å². The number of rotatable bonds is 3. The quantitative estimate of drug-likeness (QED) is 0.504. The minimum absolute atomic E-state index is 0.193. The Balaban J connectivity index is 1.73. The molecular weight excluding hydrogens is 404 g/mol. The summed E-state index contributed by atoms with van der Waals surface area (Å²) in [6.07, 6.45) is 0. The Morgan fingerprint density at radius 3 is 2.56 bits per heavy atom. The number of fused-ring (bicyclic) bond motifs is 1. The number of benzene rings is 2. The Kier molecular flexibility index (Phi) is 4.49. The van der Waals surface area contributed by atoms with Crippen molar-refractivity contribution < 1.29 is 4.79 Å². The van der Waals surface area contributed by atoms with Crippen LogP contribution in [0, 0.1) is 13.8 Å². The molecule has 4 rings (SSSR count). The predicted octanol–water partition coefficient (Wildman–Crippen LogP) is 5.05. The average Bonchev–Trinajstić information content (AvgIpc) is 3.02. The molecule has 0 fully saturated rings. The first kappa shape index (κ1) is 17.4. The number of para-hydroxylation sites is 1. The lowest BCUT2D eigenvalue weighted by Crippen LogP contribution is -2.15. The van der Waals surface area contributed by atoms with Gasteiger partial charge in [-0.1, -0.05) is 34.1 Å². The number of carbonyl (C=O) groups excluding carboxylic acids is 1. The van der Waals surface area contributed by atoms with Gasteiger partial charge in [0.1, 0.15) is 5.82 Å². The molecule has 6 heteroatoms. The third-order valence-electron chi connectivity index (χ3n) is 4.31. The number of aryl methyl sites for hydroxylation is 2. The van der Waals surface area contributed by atoms with E-state index in [1.807, 2.05) is 62.4 Å². The second-order valence-corrected chi connectivity index (χ2v) is 7.27. The van der Waals surface area contributed by atoms with Gasteiger partial charge in [-0.05, 0) is 55.8 Å². The Hall–Kier alpha value is -2.99. The fourth-order valence-electron chi connectivity index (χ4n) is 2.99. The van der Waals surface area contributed by atoms with E-state index < -0.39 is 0 Å². The summed E-state index contributed by atoms with van der Waals surface area (Å²) in [7, 11) is 0. The molecule has 2 aromatic heterocycles. The molecule has 0 atom stereocenters. The third-order valence-corrected chi connectivity index (χ3v) is 4.83. The van der Waals surface area contributed by atoms with Crippen molar-refractivity contribution in [2.24, 2.45) is 0 Å². The molecule has 5 nitrogen and oxygen atoms in total. The van der Waals surface area contributed by atoms with Gasteiger partial charge in [0.05, 0.1) is 11.2 Å². The lowest BCUT2D eigenvalue weighted by atomic mass is 10.1. The van der Waals surface area contributed by atoms with E-state index in [9.17, 15) is 4.79 Å². The number of hydrogen-bond donors (Lipinski definition) is 1. The molecule has 0 radical (unpaired) electrons.